The van der Waals surface area contributed by atoms with Gasteiger partial charge in [0, 0.05) is 124 Å². The molecule has 21 heteroatoms. The third-order valence-corrected chi connectivity index (χ3v) is 14.2. The van der Waals surface area contributed by atoms with Gasteiger partial charge in [-0.2, -0.15) is 0 Å². The summed E-state index contributed by atoms with van der Waals surface area (Å²) in [7, 11) is 5.51. The Kier molecular flexibility index (Phi) is 29.7. The van der Waals surface area contributed by atoms with Crippen LogP contribution in [0.2, 0.25) is 0 Å². The number of nitrogens with one attached hydrogen (secondary N) is 14. The van der Waals surface area contributed by atoms with Crippen LogP contribution in [0.5, 0.6) is 0 Å². The van der Waals surface area contributed by atoms with Gasteiger partial charge in [-0.15, -0.1) is 17.3 Å². The Morgan fingerprint density at radius 2 is 1.26 bits per heavy atom. The molecule has 1 aliphatic carbocycles. The molecule has 4 aliphatic heterocycles. The second kappa shape index (κ2) is 34.6. The van der Waals surface area contributed by atoms with Gasteiger partial charge in [-0.3, -0.25) is 34.6 Å². The number of primary amides is 1. The number of hydrogen-bond donors (Lipinski definition) is 15. The Hall–Kier alpha value is -5.39. The van der Waals surface area contributed by atoms with E-state index in [0.29, 0.717) is 66.2 Å². The molecule has 2 unspecified atom stereocenters. The van der Waals surface area contributed by atoms with Crippen LogP contribution in [0.25, 0.3) is 0 Å². The molecule has 4 heterocycles. The molecular formula is C57H88KN15O5. The number of hydrogen-bond acceptors (Lipinski definition) is 17. The predicted molar refractivity (Wildman–Crippen MR) is 314 cm³/mol. The number of benzene rings is 3. The Morgan fingerprint density at radius 3 is 1.76 bits per heavy atom. The van der Waals surface area contributed by atoms with Gasteiger partial charge in [0.25, 0.3) is 0 Å². The van der Waals surface area contributed by atoms with E-state index in [1.807, 2.05) is 104 Å². The summed E-state index contributed by atoms with van der Waals surface area (Å²) in [5.41, 5.74) is 14.9. The van der Waals surface area contributed by atoms with Gasteiger partial charge < -0.3 is 69.8 Å². The molecule has 5 amide bonds. The zero-order valence-electron chi connectivity index (χ0n) is 47.7. The SMILES string of the molecule is CC.CC.CNc1cc(NC2CC3(CNC3)C2)ccc1C(=N)C(C)CCC(=O)NC=O.CNc1cc(NC2CCNCC2)ccc1C(=N)C1CCC(=O)NC1=O.CNc1cc(NC2CNC2)ccc1C(=N)[CH-]CCC(N)=O.[K+]. The Balaban J connectivity index is 0.000000298. The fraction of sp³-hybridized carbons (Fsp3) is 0.526. The van der Waals surface area contributed by atoms with Crippen molar-refractivity contribution in [2.45, 2.75) is 117 Å². The van der Waals surface area contributed by atoms with Crippen molar-refractivity contribution in [1.82, 2.24) is 26.6 Å². The van der Waals surface area contributed by atoms with Crippen LogP contribution in [0.3, 0.4) is 0 Å². The van der Waals surface area contributed by atoms with Crippen molar-refractivity contribution in [1.29, 1.82) is 16.2 Å². The maximum atomic E-state index is 12.0. The van der Waals surface area contributed by atoms with Crippen LogP contribution in [-0.2, 0) is 24.0 Å². The van der Waals surface area contributed by atoms with Crippen LogP contribution in [0.1, 0.15) is 116 Å². The van der Waals surface area contributed by atoms with E-state index in [2.05, 4.69) is 64.6 Å². The van der Waals surface area contributed by atoms with E-state index in [1.54, 1.807) is 6.42 Å². The number of piperidine rings is 2. The third-order valence-electron chi connectivity index (χ3n) is 14.2. The molecule has 1 saturated carbocycles. The summed E-state index contributed by atoms with van der Waals surface area (Å²) < 4.78 is 0. The molecule has 8 rings (SSSR count). The molecule has 0 bridgehead atoms. The predicted octanol–water partition coefficient (Wildman–Crippen LogP) is 3.27. The Labute approximate surface area is 505 Å². The molecule has 5 aliphatic rings. The number of carbonyl (C=O) groups excluding carboxylic acids is 5. The fourth-order valence-corrected chi connectivity index (χ4v) is 9.67. The van der Waals surface area contributed by atoms with Gasteiger partial charge in [-0.1, -0.05) is 47.1 Å². The van der Waals surface area contributed by atoms with E-state index in [-0.39, 0.29) is 106 Å². The minimum absolute atomic E-state index is 0. The van der Waals surface area contributed by atoms with Crippen LogP contribution in [0.4, 0.5) is 34.1 Å². The van der Waals surface area contributed by atoms with Gasteiger partial charge in [0.15, 0.2) is 0 Å². The summed E-state index contributed by atoms with van der Waals surface area (Å²) >= 11 is 0. The van der Waals surface area contributed by atoms with Crippen molar-refractivity contribution in [3.63, 3.8) is 0 Å². The number of amides is 5. The number of anilines is 6. The summed E-state index contributed by atoms with van der Waals surface area (Å²) in [6.07, 6.45) is 8.92. The summed E-state index contributed by atoms with van der Waals surface area (Å²) in [6, 6.07) is 19.2. The van der Waals surface area contributed by atoms with Crippen LogP contribution in [0, 0.1) is 39.9 Å². The van der Waals surface area contributed by atoms with E-state index in [4.69, 9.17) is 22.0 Å². The average Bonchev–Trinajstić information content (AvgIpc) is 3.41. The maximum Gasteiger partial charge on any atom is 1.00 e. The molecule has 1 spiro atoms. The first-order valence-corrected chi connectivity index (χ1v) is 27.5. The molecule has 0 aromatic heterocycles. The number of nitrogens with two attached hydrogens (primary N) is 1. The molecule has 4 saturated heterocycles. The van der Waals surface area contributed by atoms with Crippen LogP contribution in [-0.4, -0.2) is 126 Å². The van der Waals surface area contributed by atoms with E-state index < -0.39 is 5.92 Å². The molecule has 3 aromatic carbocycles. The molecular weight excluding hydrogens is 1010 g/mol. The van der Waals surface area contributed by atoms with Crippen molar-refractivity contribution in [2.75, 3.05) is 92.3 Å². The summed E-state index contributed by atoms with van der Waals surface area (Å²) in [6.45, 7) is 16.2. The monoisotopic (exact) mass is 1100 g/mol. The van der Waals surface area contributed by atoms with E-state index in [0.717, 1.165) is 97.4 Å². The van der Waals surface area contributed by atoms with E-state index >= 15 is 0 Å². The van der Waals surface area contributed by atoms with Crippen LogP contribution >= 0.6 is 0 Å². The van der Waals surface area contributed by atoms with Crippen molar-refractivity contribution in [3.8, 4) is 0 Å². The average molecular weight is 1100 g/mol. The zero-order valence-corrected chi connectivity index (χ0v) is 50.8. The van der Waals surface area contributed by atoms with Gasteiger partial charge in [-0.05, 0) is 111 Å². The van der Waals surface area contributed by atoms with Crippen LogP contribution in [0.15, 0.2) is 54.6 Å². The molecule has 2 atom stereocenters. The second-order valence-electron chi connectivity index (χ2n) is 19.6. The first-order valence-electron chi connectivity index (χ1n) is 27.5. The van der Waals surface area contributed by atoms with Crippen molar-refractivity contribution < 1.29 is 75.4 Å². The first-order chi connectivity index (χ1) is 37.1. The fourth-order valence-electron chi connectivity index (χ4n) is 9.67. The molecule has 5 fully saturated rings. The van der Waals surface area contributed by atoms with E-state index in [9.17, 15) is 24.0 Å². The van der Waals surface area contributed by atoms with Crippen LogP contribution < -0.4 is 116 Å². The molecule has 16 N–H and O–H groups in total. The Morgan fingerprint density at radius 1 is 0.731 bits per heavy atom. The third kappa shape index (κ3) is 20.1. The Bertz CT molecular complexity index is 2470. The topological polar surface area (TPSA) is 315 Å². The zero-order chi connectivity index (χ0) is 56.5. The molecule has 78 heavy (non-hydrogen) atoms. The first kappa shape index (κ1) is 66.9. The van der Waals surface area contributed by atoms with Gasteiger partial charge in [0.1, 0.15) is 0 Å². The molecule has 0 radical (unpaired) electrons. The number of carbonyl (C=O) groups is 5. The van der Waals surface area contributed by atoms with Gasteiger partial charge in [0.05, 0.1) is 17.7 Å². The van der Waals surface area contributed by atoms with Crippen molar-refractivity contribution in [2.24, 2.45) is 23.0 Å². The summed E-state index contributed by atoms with van der Waals surface area (Å²) in [4.78, 5) is 55.8. The van der Waals surface area contributed by atoms with Gasteiger partial charge in [0.2, 0.25) is 30.0 Å². The van der Waals surface area contributed by atoms with Crippen molar-refractivity contribution in [3.05, 3.63) is 77.7 Å². The standard InChI is InChI=1S/C20H29N5O2.C18H25N5O2.C15H22N5O.2C2H6.K/c1-13(3-6-18(27)24-12-26)19(21)16-5-4-14(7-17(16)22-2)25-15-8-20(9-15)10-23-11-20;1-20-15-10-12(22-11-6-8-21-9-7-11)2-3-13(15)17(19)14-4-5-16(24)23-18(14)25;1-18-14-7-10(20-11-8-19-9-11)5-6-12(14)13(16)3-2-4-15(17)21;2*1-2;/h4-5,7,12-13,15,21-23,25H,3,6,8-11H2,1-2H3,(H,24,26,27);2-3,10-11,14,19-22H,4-9H2,1H3,(H,23,24,25);3,5-7,11,16,18-20H,2,4,8-9H2,1H3,(H2,17,21);2*1-2H3;/q;;-1;;;+1. The number of imide groups is 2. The minimum Gasteiger partial charge on any atom is -0.402 e. The summed E-state index contributed by atoms with van der Waals surface area (Å²) in [5.74, 6) is -1.94. The largest absolute Gasteiger partial charge is 1.00 e. The van der Waals surface area contributed by atoms with Gasteiger partial charge >= 0.3 is 51.4 Å². The maximum absolute atomic E-state index is 12.0. The van der Waals surface area contributed by atoms with Gasteiger partial charge in [-0.25, -0.2) is 6.42 Å². The minimum atomic E-state index is -0.576. The number of rotatable bonds is 22. The second-order valence-corrected chi connectivity index (χ2v) is 19.6. The smallest absolute Gasteiger partial charge is 0.402 e. The quantitative estimate of drug-likeness (QED) is 0.0226. The molecule has 422 valence electrons. The molecule has 20 nitrogen and oxygen atoms in total. The van der Waals surface area contributed by atoms with Crippen molar-refractivity contribution >= 4 is 81.3 Å². The van der Waals surface area contributed by atoms with E-state index in [1.165, 1.54) is 12.8 Å². The molecule has 3 aromatic rings. The summed E-state index contributed by atoms with van der Waals surface area (Å²) in [5, 5.41) is 59.4. The normalized spacial score (nSPS) is 17.4.